The summed E-state index contributed by atoms with van der Waals surface area (Å²) in [6.07, 6.45) is 0.896. The Morgan fingerprint density at radius 1 is 1.16 bits per heavy atom. The van der Waals surface area contributed by atoms with Gasteiger partial charge in [0.2, 0.25) is 0 Å². The maximum atomic E-state index is 12.7. The first-order valence-electron chi connectivity index (χ1n) is 8.51. The van der Waals surface area contributed by atoms with E-state index in [1.54, 1.807) is 16.3 Å². The number of aromatic nitrogens is 2. The summed E-state index contributed by atoms with van der Waals surface area (Å²) in [4.78, 5) is 17.4. The second kappa shape index (κ2) is 8.21. The van der Waals surface area contributed by atoms with Crippen LogP contribution in [0.25, 0.3) is 10.9 Å². The molecule has 0 saturated carbocycles. The third-order valence-corrected chi connectivity index (χ3v) is 4.79. The average molecular weight is 354 g/mol. The Kier molecular flexibility index (Phi) is 5.76. The lowest BCUT2D eigenvalue weighted by Crippen LogP contribution is -2.23. The van der Waals surface area contributed by atoms with E-state index in [0.29, 0.717) is 18.5 Å². The lowest BCUT2D eigenvalue weighted by atomic mass is 10.2. The maximum absolute atomic E-state index is 12.7. The van der Waals surface area contributed by atoms with Crippen LogP contribution < -0.4 is 10.3 Å². The third kappa shape index (κ3) is 4.23. The van der Waals surface area contributed by atoms with E-state index in [4.69, 9.17) is 4.74 Å². The number of thioether (sulfide) groups is 1. The van der Waals surface area contributed by atoms with E-state index < -0.39 is 0 Å². The minimum atomic E-state index is 0.0366. The molecule has 0 radical (unpaired) electrons. The van der Waals surface area contributed by atoms with Crippen LogP contribution in [0.2, 0.25) is 0 Å². The molecule has 0 saturated heterocycles. The Morgan fingerprint density at radius 2 is 2.00 bits per heavy atom. The van der Waals surface area contributed by atoms with Crippen molar-refractivity contribution < 1.29 is 4.74 Å². The number of fused-ring (bicyclic) bond motifs is 1. The first-order valence-corrected chi connectivity index (χ1v) is 9.49. The predicted molar refractivity (Wildman–Crippen MR) is 104 cm³/mol. The van der Waals surface area contributed by atoms with Crippen LogP contribution in [0.3, 0.4) is 0 Å². The van der Waals surface area contributed by atoms with E-state index in [1.165, 1.54) is 5.56 Å². The molecule has 1 heterocycles. The van der Waals surface area contributed by atoms with E-state index in [-0.39, 0.29) is 5.56 Å². The molecule has 0 aliphatic carbocycles. The van der Waals surface area contributed by atoms with Crippen molar-refractivity contribution >= 4 is 22.7 Å². The molecule has 3 aromatic rings. The van der Waals surface area contributed by atoms with Crippen molar-refractivity contribution in [3.05, 3.63) is 64.4 Å². The molecule has 2 aromatic carbocycles. The number of hydrogen-bond donors (Lipinski definition) is 0. The van der Waals surface area contributed by atoms with Crippen molar-refractivity contribution in [3.63, 3.8) is 0 Å². The van der Waals surface area contributed by atoms with Crippen LogP contribution in [0.1, 0.15) is 18.9 Å². The molecular formula is C20H22N2O2S. The average Bonchev–Trinajstić information content (AvgIpc) is 2.62. The second-order valence-electron chi connectivity index (χ2n) is 5.88. The number of rotatable bonds is 7. The predicted octanol–water partition coefficient (Wildman–Crippen LogP) is 4.29. The van der Waals surface area contributed by atoms with E-state index in [9.17, 15) is 4.79 Å². The van der Waals surface area contributed by atoms with E-state index >= 15 is 0 Å². The fourth-order valence-corrected chi connectivity index (χ4v) is 3.52. The quantitative estimate of drug-likeness (QED) is 0.361. The Morgan fingerprint density at radius 3 is 2.80 bits per heavy atom. The standard InChI is InChI=1S/C20H22N2O2S/c1-3-11-22-19(23)17-9-4-5-10-18(17)21-20(22)25-13-12-24-16-8-6-7-15(2)14-16/h4-10,14H,3,11-13H2,1-2H3. The van der Waals surface area contributed by atoms with Crippen molar-refractivity contribution in [3.8, 4) is 5.75 Å². The molecule has 0 atom stereocenters. The van der Waals surface area contributed by atoms with Gasteiger partial charge in [-0.1, -0.05) is 43.0 Å². The van der Waals surface area contributed by atoms with Crippen LogP contribution >= 0.6 is 11.8 Å². The number of aryl methyl sites for hydroxylation is 1. The summed E-state index contributed by atoms with van der Waals surface area (Å²) in [6.45, 7) is 5.36. The van der Waals surface area contributed by atoms with E-state index in [1.807, 2.05) is 55.5 Å². The van der Waals surface area contributed by atoms with Crippen LogP contribution in [0.15, 0.2) is 58.5 Å². The fourth-order valence-electron chi connectivity index (χ4n) is 2.68. The highest BCUT2D eigenvalue weighted by atomic mass is 32.2. The van der Waals surface area contributed by atoms with Crippen molar-refractivity contribution in [2.45, 2.75) is 32.0 Å². The van der Waals surface area contributed by atoms with Gasteiger partial charge in [-0.05, 0) is 43.2 Å². The Balaban J connectivity index is 1.74. The Hall–Kier alpha value is -2.27. The lowest BCUT2D eigenvalue weighted by molar-refractivity contribution is 0.343. The molecule has 1 aromatic heterocycles. The molecule has 0 bridgehead atoms. The highest BCUT2D eigenvalue weighted by Crippen LogP contribution is 2.19. The second-order valence-corrected chi connectivity index (χ2v) is 6.94. The largest absolute Gasteiger partial charge is 0.493 e. The van der Waals surface area contributed by atoms with Crippen LogP contribution in [-0.2, 0) is 6.54 Å². The first kappa shape index (κ1) is 17.5. The zero-order valence-electron chi connectivity index (χ0n) is 14.6. The van der Waals surface area contributed by atoms with Gasteiger partial charge in [0.15, 0.2) is 5.16 Å². The van der Waals surface area contributed by atoms with Crippen LogP contribution in [0.4, 0.5) is 0 Å². The van der Waals surface area contributed by atoms with Gasteiger partial charge in [-0.3, -0.25) is 9.36 Å². The molecule has 0 aliphatic rings. The number of benzene rings is 2. The van der Waals surface area contributed by atoms with Gasteiger partial charge in [0, 0.05) is 12.3 Å². The fraction of sp³-hybridized carbons (Fsp3) is 0.300. The summed E-state index contributed by atoms with van der Waals surface area (Å²) in [5.74, 6) is 1.61. The van der Waals surface area contributed by atoms with Gasteiger partial charge in [0.25, 0.3) is 5.56 Å². The molecule has 25 heavy (non-hydrogen) atoms. The van der Waals surface area contributed by atoms with Gasteiger partial charge < -0.3 is 4.74 Å². The Labute approximate surface area is 151 Å². The number of nitrogens with zero attached hydrogens (tertiary/aromatic N) is 2. The highest BCUT2D eigenvalue weighted by molar-refractivity contribution is 7.99. The molecule has 0 aliphatic heterocycles. The topological polar surface area (TPSA) is 44.1 Å². The summed E-state index contributed by atoms with van der Waals surface area (Å²) >= 11 is 1.57. The summed E-state index contributed by atoms with van der Waals surface area (Å²) in [7, 11) is 0. The molecular weight excluding hydrogens is 332 g/mol. The summed E-state index contributed by atoms with van der Waals surface area (Å²) in [5.41, 5.74) is 1.97. The van der Waals surface area contributed by atoms with Crippen molar-refractivity contribution in [1.82, 2.24) is 9.55 Å². The summed E-state index contributed by atoms with van der Waals surface area (Å²) in [6, 6.07) is 15.5. The Bertz CT molecular complexity index is 921. The normalized spacial score (nSPS) is 11.0. The monoisotopic (exact) mass is 354 g/mol. The SMILES string of the molecule is CCCn1c(SCCOc2cccc(C)c2)nc2ccccc2c1=O. The third-order valence-electron chi connectivity index (χ3n) is 3.85. The minimum absolute atomic E-state index is 0.0366. The van der Waals surface area contributed by atoms with Crippen LogP contribution in [0, 0.1) is 6.92 Å². The van der Waals surface area contributed by atoms with Gasteiger partial charge >= 0.3 is 0 Å². The van der Waals surface area contributed by atoms with Gasteiger partial charge in [0.1, 0.15) is 5.75 Å². The lowest BCUT2D eigenvalue weighted by Gasteiger charge is -2.12. The maximum Gasteiger partial charge on any atom is 0.262 e. The molecule has 0 unspecified atom stereocenters. The molecule has 5 heteroatoms. The molecule has 0 amide bonds. The summed E-state index contributed by atoms with van der Waals surface area (Å²) < 4.78 is 7.57. The molecule has 0 fully saturated rings. The van der Waals surface area contributed by atoms with Crippen LogP contribution in [0.5, 0.6) is 5.75 Å². The molecule has 0 spiro atoms. The summed E-state index contributed by atoms with van der Waals surface area (Å²) in [5, 5.41) is 1.44. The minimum Gasteiger partial charge on any atom is -0.493 e. The van der Waals surface area contributed by atoms with E-state index in [0.717, 1.165) is 28.6 Å². The molecule has 4 nitrogen and oxygen atoms in total. The zero-order valence-corrected chi connectivity index (χ0v) is 15.4. The van der Waals surface area contributed by atoms with Crippen molar-refractivity contribution in [2.24, 2.45) is 0 Å². The van der Waals surface area contributed by atoms with Gasteiger partial charge in [-0.25, -0.2) is 4.98 Å². The van der Waals surface area contributed by atoms with Crippen molar-refractivity contribution in [1.29, 1.82) is 0 Å². The number of hydrogen-bond acceptors (Lipinski definition) is 4. The smallest absolute Gasteiger partial charge is 0.262 e. The number of ether oxygens (including phenoxy) is 1. The highest BCUT2D eigenvalue weighted by Gasteiger charge is 2.10. The first-order chi connectivity index (χ1) is 12.2. The van der Waals surface area contributed by atoms with Gasteiger partial charge in [0.05, 0.1) is 17.5 Å². The number of para-hydroxylation sites is 1. The van der Waals surface area contributed by atoms with Gasteiger partial charge in [-0.2, -0.15) is 0 Å². The van der Waals surface area contributed by atoms with Crippen LogP contribution in [-0.4, -0.2) is 21.9 Å². The van der Waals surface area contributed by atoms with Gasteiger partial charge in [-0.15, -0.1) is 0 Å². The molecule has 3 rings (SSSR count). The zero-order chi connectivity index (χ0) is 17.6. The van der Waals surface area contributed by atoms with Crippen molar-refractivity contribution in [2.75, 3.05) is 12.4 Å². The van der Waals surface area contributed by atoms with E-state index in [2.05, 4.69) is 11.9 Å². The molecule has 0 N–H and O–H groups in total. The molecule has 130 valence electrons.